The molecule has 0 saturated carbocycles. The third-order valence-electron chi connectivity index (χ3n) is 5.42. The van der Waals surface area contributed by atoms with Gasteiger partial charge in [-0.1, -0.05) is 57.2 Å². The Morgan fingerprint density at radius 1 is 0.778 bits per heavy atom. The monoisotopic (exact) mass is 494 g/mol. The Morgan fingerprint density at radius 2 is 1.42 bits per heavy atom. The van der Waals surface area contributed by atoms with Crippen LogP contribution in [-0.2, 0) is 21.4 Å². The first-order valence-electron chi connectivity index (χ1n) is 12.2. The van der Waals surface area contributed by atoms with Crippen molar-refractivity contribution in [1.29, 1.82) is 0 Å². The summed E-state index contributed by atoms with van der Waals surface area (Å²) in [7, 11) is 1.66. The molecule has 2 aromatic carbocycles. The molecule has 1 aromatic heterocycles. The first-order chi connectivity index (χ1) is 17.4. The van der Waals surface area contributed by atoms with Gasteiger partial charge in [0.1, 0.15) is 5.75 Å². The molecule has 0 atom stereocenters. The Balaban J connectivity index is 1.69. The number of nitrogens with zero attached hydrogens (tertiary/aromatic N) is 3. The van der Waals surface area contributed by atoms with Gasteiger partial charge in [-0.05, 0) is 28.7 Å². The second kappa shape index (κ2) is 13.7. The molecule has 9 heteroatoms. The van der Waals surface area contributed by atoms with Crippen molar-refractivity contribution in [2.45, 2.75) is 32.7 Å². The van der Waals surface area contributed by atoms with Crippen molar-refractivity contribution < 1.29 is 14.2 Å². The largest absolute Gasteiger partial charge is 0.497 e. The maximum Gasteiger partial charge on any atom is 0.228 e. The van der Waals surface area contributed by atoms with E-state index in [1.54, 1.807) is 7.11 Å². The van der Waals surface area contributed by atoms with E-state index < -0.39 is 0 Å². The Hall–Kier alpha value is -3.27. The van der Waals surface area contributed by atoms with Crippen molar-refractivity contribution in [1.82, 2.24) is 15.0 Å². The minimum atomic E-state index is 0.0742. The number of hydrogen-bond donors (Lipinski definition) is 3. The molecule has 194 valence electrons. The molecule has 0 aliphatic heterocycles. The second-order valence-corrected chi connectivity index (χ2v) is 9.28. The van der Waals surface area contributed by atoms with Crippen molar-refractivity contribution >= 4 is 11.9 Å². The summed E-state index contributed by atoms with van der Waals surface area (Å²) in [5.74, 6) is 2.40. The molecule has 0 aliphatic rings. The lowest BCUT2D eigenvalue weighted by Gasteiger charge is -2.19. The number of ether oxygens (including phenoxy) is 3. The number of aromatic nitrogens is 3. The zero-order valence-corrected chi connectivity index (χ0v) is 21.7. The van der Waals surface area contributed by atoms with Crippen LogP contribution in [0, 0.1) is 0 Å². The maximum absolute atomic E-state index is 5.59. The maximum atomic E-state index is 5.59. The van der Waals surface area contributed by atoms with Gasteiger partial charge in [0.25, 0.3) is 0 Å². The molecular weight excluding hydrogens is 456 g/mol. The van der Waals surface area contributed by atoms with Crippen LogP contribution >= 0.6 is 0 Å². The zero-order chi connectivity index (χ0) is 25.8. The molecule has 1 heterocycles. The fourth-order valence-corrected chi connectivity index (χ4v) is 3.35. The van der Waals surface area contributed by atoms with Crippen molar-refractivity contribution in [2.75, 3.05) is 57.3 Å². The highest BCUT2D eigenvalue weighted by molar-refractivity contribution is 5.59. The average Bonchev–Trinajstić information content (AvgIpc) is 2.89. The van der Waals surface area contributed by atoms with E-state index in [0.717, 1.165) is 16.9 Å². The quantitative estimate of drug-likeness (QED) is 0.287. The number of nitrogens with two attached hydrogens (primary N) is 1. The van der Waals surface area contributed by atoms with E-state index in [-0.39, 0.29) is 5.41 Å². The van der Waals surface area contributed by atoms with E-state index >= 15 is 0 Å². The average molecular weight is 495 g/mol. The lowest BCUT2D eigenvalue weighted by atomic mass is 9.87. The molecule has 9 nitrogen and oxygen atoms in total. The SMILES string of the molecule is COc1ccc(CNc2nc(NCCOCCOCCN)nc(-c3ccc(C(C)(C)C)cc3)n2)cc1. The molecular formula is C27H38N6O3. The fraction of sp³-hybridized carbons (Fsp3) is 0.444. The van der Waals surface area contributed by atoms with Gasteiger partial charge in [-0.3, -0.25) is 0 Å². The topological polar surface area (TPSA) is 116 Å². The lowest BCUT2D eigenvalue weighted by Crippen LogP contribution is -2.16. The summed E-state index contributed by atoms with van der Waals surface area (Å²) in [5.41, 5.74) is 8.75. The van der Waals surface area contributed by atoms with Gasteiger partial charge in [-0.25, -0.2) is 0 Å². The Kier molecular flexibility index (Phi) is 10.4. The van der Waals surface area contributed by atoms with E-state index in [0.29, 0.717) is 63.8 Å². The van der Waals surface area contributed by atoms with Gasteiger partial charge in [-0.2, -0.15) is 15.0 Å². The highest BCUT2D eigenvalue weighted by Gasteiger charge is 2.14. The van der Waals surface area contributed by atoms with Crippen LogP contribution in [0.5, 0.6) is 5.75 Å². The van der Waals surface area contributed by atoms with Gasteiger partial charge in [0.2, 0.25) is 11.9 Å². The molecule has 0 aliphatic carbocycles. The van der Waals surface area contributed by atoms with Gasteiger partial charge < -0.3 is 30.6 Å². The molecule has 0 unspecified atom stereocenters. The van der Waals surface area contributed by atoms with Crippen LogP contribution in [0.1, 0.15) is 31.9 Å². The number of benzene rings is 2. The van der Waals surface area contributed by atoms with Crippen molar-refractivity contribution in [2.24, 2.45) is 5.73 Å². The van der Waals surface area contributed by atoms with Crippen LogP contribution < -0.4 is 21.1 Å². The molecule has 3 rings (SSSR count). The highest BCUT2D eigenvalue weighted by Crippen LogP contribution is 2.25. The zero-order valence-electron chi connectivity index (χ0n) is 21.7. The minimum absolute atomic E-state index is 0.0742. The first kappa shape index (κ1) is 27.3. The summed E-state index contributed by atoms with van der Waals surface area (Å²) >= 11 is 0. The van der Waals surface area contributed by atoms with Crippen molar-refractivity contribution in [3.8, 4) is 17.1 Å². The third kappa shape index (κ3) is 8.75. The van der Waals surface area contributed by atoms with E-state index in [2.05, 4.69) is 70.6 Å². The summed E-state index contributed by atoms with van der Waals surface area (Å²) in [4.78, 5) is 13.9. The minimum Gasteiger partial charge on any atom is -0.497 e. The Labute approximate surface area is 213 Å². The van der Waals surface area contributed by atoms with Gasteiger partial charge in [-0.15, -0.1) is 0 Å². The predicted molar refractivity (Wildman–Crippen MR) is 143 cm³/mol. The van der Waals surface area contributed by atoms with Crippen LogP contribution in [0.4, 0.5) is 11.9 Å². The molecule has 0 saturated heterocycles. The smallest absolute Gasteiger partial charge is 0.228 e. The van der Waals surface area contributed by atoms with Crippen LogP contribution in [0.3, 0.4) is 0 Å². The van der Waals surface area contributed by atoms with Gasteiger partial charge in [0, 0.05) is 25.2 Å². The van der Waals surface area contributed by atoms with Crippen molar-refractivity contribution in [3.05, 3.63) is 59.7 Å². The molecule has 0 radical (unpaired) electrons. The fourth-order valence-electron chi connectivity index (χ4n) is 3.35. The summed E-state index contributed by atoms with van der Waals surface area (Å²) in [6, 6.07) is 16.2. The molecule has 3 aromatic rings. The second-order valence-electron chi connectivity index (χ2n) is 9.28. The summed E-state index contributed by atoms with van der Waals surface area (Å²) in [6.07, 6.45) is 0. The molecule has 0 bridgehead atoms. The summed E-state index contributed by atoms with van der Waals surface area (Å²) < 4.78 is 16.1. The van der Waals surface area contributed by atoms with E-state index in [1.807, 2.05) is 24.3 Å². The molecule has 4 N–H and O–H groups in total. The van der Waals surface area contributed by atoms with Gasteiger partial charge >= 0.3 is 0 Å². The number of anilines is 2. The number of methoxy groups -OCH3 is 1. The van der Waals surface area contributed by atoms with Gasteiger partial charge in [0.05, 0.1) is 33.5 Å². The van der Waals surface area contributed by atoms with Crippen LogP contribution in [-0.4, -0.2) is 61.6 Å². The molecule has 0 amide bonds. The van der Waals surface area contributed by atoms with E-state index in [4.69, 9.17) is 19.9 Å². The first-order valence-corrected chi connectivity index (χ1v) is 12.2. The van der Waals surface area contributed by atoms with Gasteiger partial charge in [0.15, 0.2) is 5.82 Å². The van der Waals surface area contributed by atoms with Crippen LogP contribution in [0.2, 0.25) is 0 Å². The molecule has 36 heavy (non-hydrogen) atoms. The van der Waals surface area contributed by atoms with E-state index in [1.165, 1.54) is 5.56 Å². The highest BCUT2D eigenvalue weighted by atomic mass is 16.5. The van der Waals surface area contributed by atoms with Crippen LogP contribution in [0.15, 0.2) is 48.5 Å². The number of hydrogen-bond acceptors (Lipinski definition) is 9. The Morgan fingerprint density at radius 3 is 2.03 bits per heavy atom. The predicted octanol–water partition coefficient (Wildman–Crippen LogP) is 3.86. The number of rotatable bonds is 14. The van der Waals surface area contributed by atoms with E-state index in [9.17, 15) is 0 Å². The third-order valence-corrected chi connectivity index (χ3v) is 5.42. The van der Waals surface area contributed by atoms with Crippen LogP contribution in [0.25, 0.3) is 11.4 Å². The summed E-state index contributed by atoms with van der Waals surface area (Å²) in [6.45, 7) is 10.3. The Bertz CT molecular complexity index is 1050. The molecule has 0 spiro atoms. The van der Waals surface area contributed by atoms with Crippen molar-refractivity contribution in [3.63, 3.8) is 0 Å². The summed E-state index contributed by atoms with van der Waals surface area (Å²) in [5, 5.41) is 6.56. The molecule has 0 fully saturated rings. The standard InChI is InChI=1S/C27H38N6O3/c1-27(2,3)22-9-7-21(8-10-22)24-31-25(29-14-16-36-18-17-35-15-13-28)33-26(32-24)30-19-20-5-11-23(34-4)12-6-20/h5-12H,13-19,28H2,1-4H3,(H2,29,30,31,32,33). The number of nitrogens with one attached hydrogen (secondary N) is 2. The lowest BCUT2D eigenvalue weighted by molar-refractivity contribution is 0.0547. The normalized spacial score (nSPS) is 11.4.